The largest absolute Gasteiger partial charge is 0.508 e. The Labute approximate surface area is 229 Å². The van der Waals surface area contributed by atoms with Crippen LogP contribution >= 0.6 is 0 Å². The molecule has 0 aliphatic heterocycles. The van der Waals surface area contributed by atoms with Gasteiger partial charge in [-0.1, -0.05) is 81.4 Å². The number of rotatable bonds is 10. The number of aromatic nitrogens is 3. The Bertz CT molecular complexity index is 1510. The molecule has 4 rings (SSSR count). The summed E-state index contributed by atoms with van der Waals surface area (Å²) in [6.07, 6.45) is 2.13. The SMILES string of the molecule is CCn1c(CCCc2cccc(-c3ccc(CC(=O)O)c(O)c3)c2)nn(Cc2ccc(C(C)(C)C)cc2)c1=O. The van der Waals surface area contributed by atoms with E-state index in [9.17, 15) is 14.7 Å². The van der Waals surface area contributed by atoms with Gasteiger partial charge in [-0.15, -0.1) is 0 Å². The van der Waals surface area contributed by atoms with Crippen LogP contribution in [-0.2, 0) is 42.6 Å². The van der Waals surface area contributed by atoms with Crippen molar-refractivity contribution in [2.75, 3.05) is 0 Å². The van der Waals surface area contributed by atoms with Gasteiger partial charge in [0, 0.05) is 18.5 Å². The number of carbonyl (C=O) groups is 1. The Morgan fingerprint density at radius 2 is 1.64 bits per heavy atom. The standard InChI is InChI=1S/C32H37N3O4/c1-5-34-29(33-35(31(34)39)21-23-12-16-27(17-13-23)32(2,3)4)11-7-9-22-8-6-10-24(18-22)25-14-15-26(20-30(37)38)28(36)19-25/h6,8,10,12-19,36H,5,7,9,11,20-21H2,1-4H3,(H,37,38). The number of aromatic hydroxyl groups is 1. The first-order valence-corrected chi connectivity index (χ1v) is 13.4. The predicted octanol–water partition coefficient (Wildman–Crippen LogP) is 5.59. The lowest BCUT2D eigenvalue weighted by Crippen LogP contribution is -2.25. The van der Waals surface area contributed by atoms with Crippen molar-refractivity contribution >= 4 is 5.97 Å². The number of phenolic OH excluding ortho intramolecular Hbond substituents is 1. The number of benzene rings is 3. The van der Waals surface area contributed by atoms with Gasteiger partial charge in [0.15, 0.2) is 0 Å². The quantitative estimate of drug-likeness (QED) is 0.280. The Kier molecular flexibility index (Phi) is 8.38. The Hall–Kier alpha value is -4.13. The van der Waals surface area contributed by atoms with Crippen LogP contribution in [0.4, 0.5) is 0 Å². The highest BCUT2D eigenvalue weighted by Crippen LogP contribution is 2.28. The van der Waals surface area contributed by atoms with Crippen molar-refractivity contribution in [3.63, 3.8) is 0 Å². The van der Waals surface area contributed by atoms with Crippen molar-refractivity contribution in [3.8, 4) is 16.9 Å². The van der Waals surface area contributed by atoms with Crippen molar-refractivity contribution in [3.05, 3.63) is 105 Å². The molecule has 0 amide bonds. The van der Waals surface area contributed by atoms with Gasteiger partial charge >= 0.3 is 11.7 Å². The van der Waals surface area contributed by atoms with E-state index < -0.39 is 5.97 Å². The molecule has 7 heteroatoms. The van der Waals surface area contributed by atoms with Gasteiger partial charge in [-0.3, -0.25) is 9.36 Å². The minimum absolute atomic E-state index is 0.0152. The molecular formula is C32H37N3O4. The topological polar surface area (TPSA) is 97.3 Å². The molecule has 0 fully saturated rings. The Balaban J connectivity index is 1.43. The molecule has 0 radical (unpaired) electrons. The summed E-state index contributed by atoms with van der Waals surface area (Å²) in [4.78, 5) is 24.0. The lowest BCUT2D eigenvalue weighted by Gasteiger charge is -2.19. The zero-order valence-corrected chi connectivity index (χ0v) is 23.1. The maximum Gasteiger partial charge on any atom is 0.346 e. The number of nitrogens with zero attached hydrogens (tertiary/aromatic N) is 3. The van der Waals surface area contributed by atoms with Crippen molar-refractivity contribution < 1.29 is 15.0 Å². The Morgan fingerprint density at radius 3 is 2.28 bits per heavy atom. The first-order valence-electron chi connectivity index (χ1n) is 13.4. The van der Waals surface area contributed by atoms with Crippen LogP contribution in [0.25, 0.3) is 11.1 Å². The molecule has 0 saturated carbocycles. The van der Waals surface area contributed by atoms with Gasteiger partial charge in [-0.2, -0.15) is 5.10 Å². The van der Waals surface area contributed by atoms with Crippen LogP contribution < -0.4 is 5.69 Å². The minimum Gasteiger partial charge on any atom is -0.508 e. The molecule has 3 aromatic carbocycles. The van der Waals surface area contributed by atoms with Gasteiger partial charge in [0.2, 0.25) is 0 Å². The van der Waals surface area contributed by atoms with Gasteiger partial charge in [0.05, 0.1) is 13.0 Å². The summed E-state index contributed by atoms with van der Waals surface area (Å²) in [5.41, 5.74) is 5.64. The van der Waals surface area contributed by atoms with E-state index in [1.54, 1.807) is 21.4 Å². The van der Waals surface area contributed by atoms with Crippen LogP contribution in [0.5, 0.6) is 5.75 Å². The van der Waals surface area contributed by atoms with Gasteiger partial charge < -0.3 is 10.2 Å². The molecule has 0 aliphatic carbocycles. The lowest BCUT2D eigenvalue weighted by atomic mass is 9.87. The number of aryl methyl sites for hydroxylation is 2. The van der Waals surface area contributed by atoms with Crippen molar-refractivity contribution in [2.45, 2.75) is 71.9 Å². The molecule has 1 heterocycles. The fraction of sp³-hybridized carbons (Fsp3) is 0.344. The third-order valence-electron chi connectivity index (χ3n) is 7.02. The number of carboxylic acid groups (broad SMARTS) is 1. The second-order valence-corrected chi connectivity index (χ2v) is 11.0. The molecule has 0 atom stereocenters. The maximum atomic E-state index is 13.0. The van der Waals surface area contributed by atoms with Gasteiger partial charge in [0.1, 0.15) is 11.6 Å². The average molecular weight is 528 g/mol. The summed E-state index contributed by atoms with van der Waals surface area (Å²) in [6, 6.07) is 21.6. The van der Waals surface area contributed by atoms with Gasteiger partial charge in [-0.05, 0) is 59.1 Å². The van der Waals surface area contributed by atoms with E-state index in [2.05, 4.69) is 62.3 Å². The number of phenols is 1. The number of carboxylic acids is 1. The average Bonchev–Trinajstić information content (AvgIpc) is 3.18. The van der Waals surface area contributed by atoms with E-state index in [0.717, 1.165) is 40.9 Å². The molecule has 7 nitrogen and oxygen atoms in total. The second kappa shape index (κ2) is 11.7. The van der Waals surface area contributed by atoms with Crippen LogP contribution in [0.1, 0.15) is 62.2 Å². The highest BCUT2D eigenvalue weighted by atomic mass is 16.4. The van der Waals surface area contributed by atoms with Crippen LogP contribution in [0.3, 0.4) is 0 Å². The fourth-order valence-corrected chi connectivity index (χ4v) is 4.79. The van der Waals surface area contributed by atoms with Crippen LogP contribution in [-0.4, -0.2) is 30.5 Å². The first kappa shape index (κ1) is 27.9. The van der Waals surface area contributed by atoms with Crippen molar-refractivity contribution in [1.82, 2.24) is 14.3 Å². The van der Waals surface area contributed by atoms with Crippen LogP contribution in [0.2, 0.25) is 0 Å². The monoisotopic (exact) mass is 527 g/mol. The van der Waals surface area contributed by atoms with Crippen molar-refractivity contribution in [1.29, 1.82) is 0 Å². The molecule has 0 bridgehead atoms. The van der Waals surface area contributed by atoms with Crippen LogP contribution in [0, 0.1) is 0 Å². The summed E-state index contributed by atoms with van der Waals surface area (Å²) in [6.45, 7) is 9.55. The van der Waals surface area contributed by atoms with Crippen LogP contribution in [0.15, 0.2) is 71.5 Å². The lowest BCUT2D eigenvalue weighted by molar-refractivity contribution is -0.136. The number of hydrogen-bond donors (Lipinski definition) is 2. The highest BCUT2D eigenvalue weighted by molar-refractivity contribution is 5.73. The first-order chi connectivity index (χ1) is 18.5. The molecule has 0 spiro atoms. The van der Waals surface area contributed by atoms with E-state index in [1.165, 1.54) is 5.56 Å². The number of aliphatic carboxylic acids is 1. The fourth-order valence-electron chi connectivity index (χ4n) is 4.79. The van der Waals surface area contributed by atoms with E-state index in [0.29, 0.717) is 25.1 Å². The summed E-state index contributed by atoms with van der Waals surface area (Å²) in [5, 5.41) is 23.9. The summed E-state index contributed by atoms with van der Waals surface area (Å²) < 4.78 is 3.31. The molecule has 0 unspecified atom stereocenters. The molecular weight excluding hydrogens is 490 g/mol. The Morgan fingerprint density at radius 1 is 0.923 bits per heavy atom. The third kappa shape index (κ3) is 6.85. The molecule has 1 aromatic heterocycles. The van der Waals surface area contributed by atoms with E-state index in [-0.39, 0.29) is 23.3 Å². The van der Waals surface area contributed by atoms with E-state index >= 15 is 0 Å². The van der Waals surface area contributed by atoms with Gasteiger partial charge in [-0.25, -0.2) is 9.48 Å². The summed E-state index contributed by atoms with van der Waals surface area (Å²) in [5.74, 6) is -0.199. The predicted molar refractivity (Wildman–Crippen MR) is 153 cm³/mol. The molecule has 204 valence electrons. The zero-order chi connectivity index (χ0) is 28.2. The number of hydrogen-bond acceptors (Lipinski definition) is 4. The normalized spacial score (nSPS) is 11.6. The zero-order valence-electron chi connectivity index (χ0n) is 23.1. The minimum atomic E-state index is -0.979. The molecule has 0 saturated heterocycles. The third-order valence-corrected chi connectivity index (χ3v) is 7.02. The smallest absolute Gasteiger partial charge is 0.346 e. The molecule has 39 heavy (non-hydrogen) atoms. The van der Waals surface area contributed by atoms with E-state index in [4.69, 9.17) is 5.11 Å². The van der Waals surface area contributed by atoms with Crippen molar-refractivity contribution in [2.24, 2.45) is 0 Å². The molecule has 4 aromatic rings. The summed E-state index contributed by atoms with van der Waals surface area (Å²) in [7, 11) is 0. The maximum absolute atomic E-state index is 13.0. The molecule has 0 aliphatic rings. The van der Waals surface area contributed by atoms with E-state index in [1.807, 2.05) is 25.1 Å². The summed E-state index contributed by atoms with van der Waals surface area (Å²) >= 11 is 0. The van der Waals surface area contributed by atoms with Gasteiger partial charge in [0.25, 0.3) is 0 Å². The second-order valence-electron chi connectivity index (χ2n) is 11.0. The highest BCUT2D eigenvalue weighted by Gasteiger charge is 2.15. The molecule has 2 N–H and O–H groups in total.